The zero-order valence-corrected chi connectivity index (χ0v) is 14.5. The Labute approximate surface area is 149 Å². The highest BCUT2D eigenvalue weighted by Gasteiger charge is 2.11. The third-order valence-electron chi connectivity index (χ3n) is 3.89. The van der Waals surface area contributed by atoms with Crippen molar-refractivity contribution in [2.75, 3.05) is 5.32 Å². The summed E-state index contributed by atoms with van der Waals surface area (Å²) in [5, 5.41) is 7.48. The lowest BCUT2D eigenvalue weighted by Crippen LogP contribution is -2.23. The maximum atomic E-state index is 13.2. The smallest absolute Gasteiger partial charge is 0.264 e. The second-order valence-electron chi connectivity index (χ2n) is 5.68. The summed E-state index contributed by atoms with van der Waals surface area (Å²) in [6, 6.07) is 4.25. The van der Waals surface area contributed by atoms with Crippen LogP contribution in [0.5, 0.6) is 0 Å². The van der Waals surface area contributed by atoms with Crippen LogP contribution in [0, 0.1) is 5.82 Å². The van der Waals surface area contributed by atoms with E-state index in [0.717, 1.165) is 0 Å². The van der Waals surface area contributed by atoms with Crippen molar-refractivity contribution in [3.05, 3.63) is 46.9 Å². The first-order valence-corrected chi connectivity index (χ1v) is 8.56. The Morgan fingerprint density at radius 2 is 2.23 bits per heavy atom. The number of halogens is 1. The van der Waals surface area contributed by atoms with Gasteiger partial charge >= 0.3 is 0 Å². The number of rotatable bonds is 4. The van der Waals surface area contributed by atoms with Crippen molar-refractivity contribution in [1.29, 1.82) is 0 Å². The fourth-order valence-corrected chi connectivity index (χ4v) is 3.49. The quantitative estimate of drug-likeness (QED) is 0.590. The molecule has 1 amide bonds. The summed E-state index contributed by atoms with van der Waals surface area (Å²) in [6.45, 7) is 0.183. The van der Waals surface area contributed by atoms with Crippen LogP contribution in [-0.2, 0) is 18.4 Å². The van der Waals surface area contributed by atoms with Gasteiger partial charge in [-0.25, -0.2) is 14.4 Å². The molecule has 132 valence electrons. The molecule has 0 bridgehead atoms. The molecule has 10 heteroatoms. The molecule has 0 atom stereocenters. The molecule has 0 spiro atoms. The van der Waals surface area contributed by atoms with E-state index in [1.807, 2.05) is 0 Å². The van der Waals surface area contributed by atoms with E-state index in [2.05, 4.69) is 20.4 Å². The average Bonchev–Trinajstić information content (AvgIpc) is 3.17. The Kier molecular flexibility index (Phi) is 3.96. The van der Waals surface area contributed by atoms with Crippen LogP contribution in [0.1, 0.15) is 6.42 Å². The molecule has 0 saturated carbocycles. The minimum absolute atomic E-state index is 0.0810. The highest BCUT2D eigenvalue weighted by Crippen LogP contribution is 2.26. The van der Waals surface area contributed by atoms with E-state index in [1.165, 1.54) is 45.2 Å². The van der Waals surface area contributed by atoms with Crippen LogP contribution < -0.4 is 10.9 Å². The number of thiazole rings is 1. The van der Waals surface area contributed by atoms with E-state index < -0.39 is 0 Å². The minimum atomic E-state index is -0.350. The molecule has 0 unspecified atom stereocenters. The second-order valence-corrected chi connectivity index (χ2v) is 6.71. The molecule has 0 aliphatic carbocycles. The number of amides is 1. The number of hydrogen-bond acceptors (Lipinski definition) is 6. The number of carbonyl (C=O) groups excluding carboxylic acids is 1. The zero-order valence-electron chi connectivity index (χ0n) is 13.6. The number of nitrogens with one attached hydrogen (secondary N) is 1. The van der Waals surface area contributed by atoms with Crippen molar-refractivity contribution in [2.24, 2.45) is 7.05 Å². The lowest BCUT2D eigenvalue weighted by Gasteiger charge is -2.05. The Morgan fingerprint density at radius 3 is 3.08 bits per heavy atom. The van der Waals surface area contributed by atoms with Crippen molar-refractivity contribution >= 4 is 43.6 Å². The summed E-state index contributed by atoms with van der Waals surface area (Å²) in [6.07, 6.45) is 2.94. The standard InChI is InChI=1S/C16H13FN6O2S/c1-22-14-10(7-19-22)15(25)23(8-18-14)5-4-13(24)21-16-20-11-3-2-9(17)6-12(11)26-16/h2-3,6-8H,4-5H2,1H3,(H,20,21,24). The van der Waals surface area contributed by atoms with E-state index in [1.54, 1.807) is 13.1 Å². The predicted molar refractivity (Wildman–Crippen MR) is 95.6 cm³/mol. The van der Waals surface area contributed by atoms with Crippen molar-refractivity contribution < 1.29 is 9.18 Å². The van der Waals surface area contributed by atoms with E-state index >= 15 is 0 Å². The summed E-state index contributed by atoms with van der Waals surface area (Å²) in [4.78, 5) is 32.9. The summed E-state index contributed by atoms with van der Waals surface area (Å²) >= 11 is 1.19. The average molecular weight is 372 g/mol. The van der Waals surface area contributed by atoms with Crippen LogP contribution >= 0.6 is 11.3 Å². The largest absolute Gasteiger partial charge is 0.302 e. The fraction of sp³-hybridized carbons (Fsp3) is 0.188. The fourth-order valence-electron chi connectivity index (χ4n) is 2.58. The monoisotopic (exact) mass is 372 g/mol. The topological polar surface area (TPSA) is 94.7 Å². The van der Waals surface area contributed by atoms with Crippen LogP contribution in [0.2, 0.25) is 0 Å². The Bertz CT molecular complexity index is 1190. The number of anilines is 1. The molecule has 0 aliphatic heterocycles. The van der Waals surface area contributed by atoms with E-state index in [9.17, 15) is 14.0 Å². The minimum Gasteiger partial charge on any atom is -0.302 e. The van der Waals surface area contributed by atoms with Gasteiger partial charge in [-0.3, -0.25) is 18.8 Å². The first-order valence-electron chi connectivity index (χ1n) is 7.74. The highest BCUT2D eigenvalue weighted by atomic mass is 32.1. The number of aromatic nitrogens is 5. The maximum Gasteiger partial charge on any atom is 0.264 e. The molecule has 0 saturated heterocycles. The summed E-state index contributed by atoms with van der Waals surface area (Å²) in [7, 11) is 1.70. The molecular formula is C16H13FN6O2S. The van der Waals surface area contributed by atoms with Crippen molar-refractivity contribution in [3.63, 3.8) is 0 Å². The van der Waals surface area contributed by atoms with Crippen LogP contribution in [0.4, 0.5) is 9.52 Å². The van der Waals surface area contributed by atoms with Crippen LogP contribution in [0.3, 0.4) is 0 Å². The first kappa shape index (κ1) is 16.3. The second kappa shape index (κ2) is 6.30. The van der Waals surface area contributed by atoms with E-state index in [4.69, 9.17) is 0 Å². The van der Waals surface area contributed by atoms with Gasteiger partial charge in [0.05, 0.1) is 22.7 Å². The number of benzene rings is 1. The van der Waals surface area contributed by atoms with Gasteiger partial charge in [0.15, 0.2) is 10.8 Å². The predicted octanol–water partition coefficient (Wildman–Crippen LogP) is 1.91. The Hall–Kier alpha value is -3.14. The Balaban J connectivity index is 1.46. The summed E-state index contributed by atoms with van der Waals surface area (Å²) in [5.41, 5.74) is 0.873. The van der Waals surface area contributed by atoms with Gasteiger partial charge in [0.2, 0.25) is 5.91 Å². The summed E-state index contributed by atoms with van der Waals surface area (Å²) in [5.74, 6) is -0.639. The number of aryl methyl sites for hydroxylation is 2. The SMILES string of the molecule is Cn1ncc2c(=O)n(CCC(=O)Nc3nc4ccc(F)cc4s3)cnc21. The third kappa shape index (κ3) is 2.94. The van der Waals surface area contributed by atoms with Crippen LogP contribution in [-0.4, -0.2) is 30.2 Å². The van der Waals surface area contributed by atoms with Gasteiger partial charge in [-0.2, -0.15) is 5.10 Å². The highest BCUT2D eigenvalue weighted by molar-refractivity contribution is 7.22. The van der Waals surface area contributed by atoms with Crippen molar-refractivity contribution in [2.45, 2.75) is 13.0 Å². The molecule has 4 aromatic rings. The molecule has 3 aromatic heterocycles. The van der Waals surface area contributed by atoms with Gasteiger partial charge in [-0.05, 0) is 18.2 Å². The van der Waals surface area contributed by atoms with E-state index in [0.29, 0.717) is 26.4 Å². The maximum absolute atomic E-state index is 13.2. The number of carbonyl (C=O) groups is 1. The third-order valence-corrected chi connectivity index (χ3v) is 4.83. The molecule has 1 N–H and O–H groups in total. The van der Waals surface area contributed by atoms with Crippen molar-refractivity contribution in [1.82, 2.24) is 24.3 Å². The molecule has 4 rings (SSSR count). The number of nitrogens with zero attached hydrogens (tertiary/aromatic N) is 5. The Morgan fingerprint density at radius 1 is 1.38 bits per heavy atom. The van der Waals surface area contributed by atoms with Crippen molar-refractivity contribution in [3.8, 4) is 0 Å². The first-order chi connectivity index (χ1) is 12.5. The molecule has 26 heavy (non-hydrogen) atoms. The molecular weight excluding hydrogens is 359 g/mol. The molecule has 0 fully saturated rings. The molecule has 0 radical (unpaired) electrons. The summed E-state index contributed by atoms with van der Waals surface area (Å²) < 4.78 is 16.8. The number of hydrogen-bond donors (Lipinski definition) is 1. The van der Waals surface area contributed by atoms with Gasteiger partial charge in [0.1, 0.15) is 11.2 Å². The van der Waals surface area contributed by atoms with E-state index in [-0.39, 0.29) is 30.2 Å². The van der Waals surface area contributed by atoms with Gasteiger partial charge in [-0.1, -0.05) is 11.3 Å². The lowest BCUT2D eigenvalue weighted by atomic mass is 10.3. The normalized spacial score (nSPS) is 11.3. The molecule has 1 aromatic carbocycles. The van der Waals surface area contributed by atoms with Gasteiger partial charge < -0.3 is 5.32 Å². The van der Waals surface area contributed by atoms with Gasteiger partial charge in [-0.15, -0.1) is 0 Å². The number of fused-ring (bicyclic) bond motifs is 2. The van der Waals surface area contributed by atoms with Crippen LogP contribution in [0.25, 0.3) is 21.3 Å². The molecule has 8 nitrogen and oxygen atoms in total. The van der Waals surface area contributed by atoms with Gasteiger partial charge in [0, 0.05) is 20.0 Å². The van der Waals surface area contributed by atoms with Gasteiger partial charge in [0.25, 0.3) is 5.56 Å². The molecule has 0 aliphatic rings. The van der Waals surface area contributed by atoms with Crippen LogP contribution in [0.15, 0.2) is 35.5 Å². The zero-order chi connectivity index (χ0) is 18.3. The lowest BCUT2D eigenvalue weighted by molar-refractivity contribution is -0.116. The molecule has 3 heterocycles.